The zero-order valence-electron chi connectivity index (χ0n) is 26.5. The van der Waals surface area contributed by atoms with Crippen LogP contribution in [-0.4, -0.2) is 41.5 Å². The molecule has 20 heteroatoms. The molecule has 274 valence electrons. The van der Waals surface area contributed by atoms with Crippen molar-refractivity contribution in [3.05, 3.63) is 127 Å². The van der Waals surface area contributed by atoms with Crippen LogP contribution in [-0.2, 0) is 12.4 Å². The summed E-state index contributed by atoms with van der Waals surface area (Å²) >= 11 is 0. The van der Waals surface area contributed by atoms with Crippen molar-refractivity contribution in [1.82, 2.24) is 29.5 Å². The Kier molecular flexibility index (Phi) is 10.9. The smallest absolute Gasteiger partial charge is 0.399 e. The summed E-state index contributed by atoms with van der Waals surface area (Å²) in [5.74, 6) is -1.02. The number of hydrogen-bond acceptors (Lipinski definition) is 6. The minimum absolute atomic E-state index is 0.185. The van der Waals surface area contributed by atoms with Gasteiger partial charge in [-0.05, 0) is 60.7 Å². The van der Waals surface area contributed by atoms with E-state index in [1.54, 1.807) is 6.20 Å². The standard InChI is InChI=1S/C15H10F4N4O.C11H8FN5O.C7H6F3N/c16-9-5-11-12(7-21-13(11)20-6-9)23-14(24)22-10-3-1-8(2-4-10)15(17,18)19;12-7-3-8-9(5-15-10(8)14-4-7)16-11(18)17-2-1-13-6-17;8-7(9,10)5-1-3-6(11)4-2-5/h1-7H,(H,20,21)(H2,22,23,24);1-6H,(H,14,15)(H,16,18);1-4H,11H2. The Balaban J connectivity index is 0.000000164. The minimum atomic E-state index is -4.44. The number of hydrogen-bond donors (Lipinski definition) is 6. The first kappa shape index (κ1) is 37.3. The van der Waals surface area contributed by atoms with E-state index in [4.69, 9.17) is 5.73 Å². The van der Waals surface area contributed by atoms with Gasteiger partial charge < -0.3 is 31.7 Å². The van der Waals surface area contributed by atoms with Gasteiger partial charge in [0.05, 0.1) is 34.9 Å². The lowest BCUT2D eigenvalue weighted by atomic mass is 10.2. The van der Waals surface area contributed by atoms with Crippen molar-refractivity contribution in [3.8, 4) is 0 Å². The second-order valence-electron chi connectivity index (χ2n) is 10.7. The Hall–Kier alpha value is -6.99. The Labute approximate surface area is 292 Å². The monoisotopic (exact) mass is 744 g/mol. The number of carbonyl (C=O) groups excluding carboxylic acids is 2. The van der Waals surface area contributed by atoms with Crippen LogP contribution < -0.4 is 21.7 Å². The molecular formula is C33H24F8N10O2. The van der Waals surface area contributed by atoms with Crippen molar-refractivity contribution < 1.29 is 44.7 Å². The van der Waals surface area contributed by atoms with E-state index >= 15 is 0 Å². The lowest BCUT2D eigenvalue weighted by molar-refractivity contribution is -0.138. The number of rotatable bonds is 3. The summed E-state index contributed by atoms with van der Waals surface area (Å²) in [5.41, 5.74) is 5.89. The number of amides is 3. The van der Waals surface area contributed by atoms with Gasteiger partial charge in [0.2, 0.25) is 0 Å². The van der Waals surface area contributed by atoms with Gasteiger partial charge in [0.1, 0.15) is 29.3 Å². The molecule has 53 heavy (non-hydrogen) atoms. The Morgan fingerprint density at radius 1 is 0.698 bits per heavy atom. The molecule has 12 nitrogen and oxygen atoms in total. The number of nitrogen functional groups attached to an aromatic ring is 1. The molecular weight excluding hydrogens is 720 g/mol. The van der Waals surface area contributed by atoms with E-state index < -0.39 is 41.1 Å². The molecule has 7 aromatic rings. The van der Waals surface area contributed by atoms with Crippen molar-refractivity contribution in [2.24, 2.45) is 0 Å². The van der Waals surface area contributed by atoms with E-state index in [-0.39, 0.29) is 11.7 Å². The maximum atomic E-state index is 13.2. The van der Waals surface area contributed by atoms with E-state index in [1.807, 2.05) is 0 Å². The number of H-pyrrole nitrogens is 2. The molecule has 0 saturated carbocycles. The van der Waals surface area contributed by atoms with Gasteiger partial charge >= 0.3 is 24.4 Å². The van der Waals surface area contributed by atoms with E-state index in [2.05, 4.69) is 40.9 Å². The van der Waals surface area contributed by atoms with Crippen molar-refractivity contribution >= 4 is 56.9 Å². The van der Waals surface area contributed by atoms with Gasteiger partial charge in [0.25, 0.3) is 0 Å². The molecule has 0 radical (unpaired) electrons. The van der Waals surface area contributed by atoms with Crippen LogP contribution in [0.2, 0.25) is 0 Å². The van der Waals surface area contributed by atoms with Crippen LogP contribution in [0.15, 0.2) is 104 Å². The number of nitrogens with zero attached hydrogens (tertiary/aromatic N) is 4. The Morgan fingerprint density at radius 2 is 1.19 bits per heavy atom. The number of carbonyl (C=O) groups is 2. The molecule has 2 aromatic carbocycles. The number of nitrogens with one attached hydrogen (secondary N) is 5. The number of benzene rings is 2. The molecule has 0 fully saturated rings. The van der Waals surface area contributed by atoms with Crippen molar-refractivity contribution in [2.75, 3.05) is 21.7 Å². The highest BCUT2D eigenvalue weighted by atomic mass is 19.4. The van der Waals surface area contributed by atoms with Crippen LogP contribution in [0.1, 0.15) is 11.1 Å². The van der Waals surface area contributed by atoms with Crippen LogP contribution in [0.25, 0.3) is 22.1 Å². The Morgan fingerprint density at radius 3 is 1.66 bits per heavy atom. The molecule has 7 N–H and O–H groups in total. The first-order chi connectivity index (χ1) is 25.1. The van der Waals surface area contributed by atoms with E-state index in [9.17, 15) is 44.7 Å². The third-order valence-electron chi connectivity index (χ3n) is 6.93. The zero-order chi connectivity index (χ0) is 38.3. The summed E-state index contributed by atoms with van der Waals surface area (Å²) in [5, 5.41) is 8.40. The molecule has 3 amide bonds. The molecule has 5 aromatic heterocycles. The maximum absolute atomic E-state index is 13.2. The number of anilines is 4. The number of halogens is 8. The predicted octanol–water partition coefficient (Wildman–Crippen LogP) is 8.63. The van der Waals surface area contributed by atoms with Crippen LogP contribution in [0.4, 0.5) is 67.5 Å². The summed E-state index contributed by atoms with van der Waals surface area (Å²) in [6.07, 6.45) is 0.818. The maximum Gasteiger partial charge on any atom is 0.416 e. The molecule has 7 rings (SSSR count). The molecule has 0 aliphatic carbocycles. The molecule has 0 unspecified atom stereocenters. The fraction of sp³-hybridized carbons (Fsp3) is 0.0606. The fourth-order valence-electron chi connectivity index (χ4n) is 4.42. The molecule has 5 heterocycles. The summed E-state index contributed by atoms with van der Waals surface area (Å²) in [6.45, 7) is 0. The Bertz CT molecular complexity index is 2320. The van der Waals surface area contributed by atoms with Crippen LogP contribution in [0.5, 0.6) is 0 Å². The van der Waals surface area contributed by atoms with E-state index in [0.29, 0.717) is 39.1 Å². The predicted molar refractivity (Wildman–Crippen MR) is 179 cm³/mol. The molecule has 0 aliphatic heterocycles. The van der Waals surface area contributed by atoms with Gasteiger partial charge in [-0.3, -0.25) is 4.57 Å². The number of fused-ring (bicyclic) bond motifs is 2. The van der Waals surface area contributed by atoms with E-state index in [0.717, 1.165) is 48.8 Å². The number of pyridine rings is 2. The quantitative estimate of drug-likeness (QED) is 0.0781. The van der Waals surface area contributed by atoms with Gasteiger partial charge in [-0.2, -0.15) is 26.3 Å². The topological polar surface area (TPSA) is 171 Å². The van der Waals surface area contributed by atoms with Gasteiger partial charge in [0.15, 0.2) is 0 Å². The van der Waals surface area contributed by atoms with Crippen LogP contribution in [0.3, 0.4) is 0 Å². The average Bonchev–Trinajstić information content (AvgIpc) is 3.86. The summed E-state index contributed by atoms with van der Waals surface area (Å²) in [7, 11) is 0. The number of imidazole rings is 1. The lowest BCUT2D eigenvalue weighted by Crippen LogP contribution is -2.19. The van der Waals surface area contributed by atoms with Crippen LogP contribution in [0, 0.1) is 11.6 Å². The minimum Gasteiger partial charge on any atom is -0.399 e. The first-order valence-electron chi connectivity index (χ1n) is 14.8. The zero-order valence-corrected chi connectivity index (χ0v) is 26.5. The molecule has 0 aliphatic rings. The molecule has 0 bridgehead atoms. The van der Waals surface area contributed by atoms with E-state index in [1.165, 1.54) is 53.8 Å². The SMILES string of the molecule is Nc1ccc(C(F)(F)F)cc1.O=C(Nc1c[nH]c2ncc(F)cc12)n1ccnc1.O=C(Nc1ccc(C(F)(F)F)cc1)Nc1c[nH]c2ncc(F)cc12. The third-order valence-corrected chi connectivity index (χ3v) is 6.93. The van der Waals surface area contributed by atoms with Gasteiger partial charge in [-0.15, -0.1) is 0 Å². The second-order valence-corrected chi connectivity index (χ2v) is 10.7. The normalized spacial score (nSPS) is 11.2. The number of alkyl halides is 6. The fourth-order valence-corrected chi connectivity index (χ4v) is 4.42. The number of aromatic nitrogens is 6. The summed E-state index contributed by atoms with van der Waals surface area (Å²) in [6, 6.07) is 9.81. The first-order valence-corrected chi connectivity index (χ1v) is 14.8. The summed E-state index contributed by atoms with van der Waals surface area (Å²) < 4.78 is 101. The molecule has 0 atom stereocenters. The number of nitrogens with two attached hydrogens (primary N) is 1. The molecule has 0 spiro atoms. The number of urea groups is 1. The number of aromatic amines is 2. The van der Waals surface area contributed by atoms with Gasteiger partial charge in [-0.1, -0.05) is 0 Å². The van der Waals surface area contributed by atoms with Crippen molar-refractivity contribution in [2.45, 2.75) is 12.4 Å². The van der Waals surface area contributed by atoms with Gasteiger partial charge in [0, 0.05) is 46.9 Å². The largest absolute Gasteiger partial charge is 0.416 e. The lowest BCUT2D eigenvalue weighted by Gasteiger charge is -2.09. The van der Waals surface area contributed by atoms with Crippen LogP contribution >= 0.6 is 0 Å². The van der Waals surface area contributed by atoms with Crippen molar-refractivity contribution in [1.29, 1.82) is 0 Å². The third kappa shape index (κ3) is 9.84. The second kappa shape index (κ2) is 15.5. The summed E-state index contributed by atoms with van der Waals surface area (Å²) in [4.78, 5) is 40.8. The molecule has 0 saturated heterocycles. The van der Waals surface area contributed by atoms with Gasteiger partial charge in [-0.25, -0.2) is 33.3 Å². The highest BCUT2D eigenvalue weighted by molar-refractivity contribution is 6.05. The highest BCUT2D eigenvalue weighted by Gasteiger charge is 2.30. The van der Waals surface area contributed by atoms with Crippen molar-refractivity contribution in [3.63, 3.8) is 0 Å². The average molecular weight is 745 g/mol. The highest BCUT2D eigenvalue weighted by Crippen LogP contribution is 2.31.